The van der Waals surface area contributed by atoms with Gasteiger partial charge < -0.3 is 0 Å². The lowest BCUT2D eigenvalue weighted by molar-refractivity contribution is 0.0971. The fraction of sp³-hybridized carbons (Fsp3) is 0.438. The van der Waals surface area contributed by atoms with Crippen LogP contribution < -0.4 is 0 Å². The zero-order valence-electron chi connectivity index (χ0n) is 12.3. The van der Waals surface area contributed by atoms with Crippen LogP contribution in [0.15, 0.2) is 36.5 Å². The SMILES string of the molecule is CC(c1ccccc1Cl)N1CCN(Cc2ccn[nH]2)CC1. The Balaban J connectivity index is 1.57. The molecule has 21 heavy (non-hydrogen) atoms. The van der Waals surface area contributed by atoms with E-state index in [-0.39, 0.29) is 0 Å². The molecule has 1 fully saturated rings. The maximum Gasteiger partial charge on any atom is 0.0492 e. The van der Waals surface area contributed by atoms with Crippen molar-refractivity contribution in [1.82, 2.24) is 20.0 Å². The molecule has 0 amide bonds. The van der Waals surface area contributed by atoms with Gasteiger partial charge in [-0.2, -0.15) is 5.10 Å². The van der Waals surface area contributed by atoms with Crippen LogP contribution in [0.3, 0.4) is 0 Å². The van der Waals surface area contributed by atoms with Crippen LogP contribution in [0.25, 0.3) is 0 Å². The van der Waals surface area contributed by atoms with Crippen LogP contribution in [0.5, 0.6) is 0 Å². The topological polar surface area (TPSA) is 35.2 Å². The summed E-state index contributed by atoms with van der Waals surface area (Å²) in [6, 6.07) is 10.6. The van der Waals surface area contributed by atoms with Gasteiger partial charge in [-0.3, -0.25) is 14.9 Å². The molecule has 2 aromatic rings. The van der Waals surface area contributed by atoms with Crippen molar-refractivity contribution in [2.75, 3.05) is 26.2 Å². The van der Waals surface area contributed by atoms with Gasteiger partial charge in [0.25, 0.3) is 0 Å². The van der Waals surface area contributed by atoms with Gasteiger partial charge in [-0.1, -0.05) is 29.8 Å². The van der Waals surface area contributed by atoms with E-state index in [9.17, 15) is 0 Å². The molecule has 1 saturated heterocycles. The summed E-state index contributed by atoms with van der Waals surface area (Å²) >= 11 is 6.31. The summed E-state index contributed by atoms with van der Waals surface area (Å²) in [6.07, 6.45) is 1.81. The van der Waals surface area contributed by atoms with E-state index in [1.54, 1.807) is 0 Å². The highest BCUT2D eigenvalue weighted by molar-refractivity contribution is 6.31. The summed E-state index contributed by atoms with van der Waals surface area (Å²) in [5.74, 6) is 0. The van der Waals surface area contributed by atoms with Crippen molar-refractivity contribution < 1.29 is 0 Å². The van der Waals surface area contributed by atoms with Crippen molar-refractivity contribution in [3.63, 3.8) is 0 Å². The molecule has 5 heteroatoms. The fourth-order valence-electron chi connectivity index (χ4n) is 2.93. The van der Waals surface area contributed by atoms with Gasteiger partial charge in [-0.15, -0.1) is 0 Å². The lowest BCUT2D eigenvalue weighted by Crippen LogP contribution is -2.46. The van der Waals surface area contributed by atoms with E-state index in [2.05, 4.69) is 39.1 Å². The van der Waals surface area contributed by atoms with Crippen LogP contribution in [0.4, 0.5) is 0 Å². The smallest absolute Gasteiger partial charge is 0.0492 e. The zero-order chi connectivity index (χ0) is 14.7. The van der Waals surface area contributed by atoms with E-state index in [4.69, 9.17) is 11.6 Å². The van der Waals surface area contributed by atoms with Crippen molar-refractivity contribution >= 4 is 11.6 Å². The number of nitrogens with one attached hydrogen (secondary N) is 1. The first kappa shape index (κ1) is 14.6. The van der Waals surface area contributed by atoms with Crippen LogP contribution in [0, 0.1) is 0 Å². The molecule has 2 heterocycles. The Kier molecular flexibility index (Phi) is 4.58. The van der Waals surface area contributed by atoms with Crippen molar-refractivity contribution in [2.24, 2.45) is 0 Å². The lowest BCUT2D eigenvalue weighted by Gasteiger charge is -2.38. The third kappa shape index (κ3) is 3.46. The molecular formula is C16H21ClN4. The van der Waals surface area contributed by atoms with E-state index in [0.717, 1.165) is 37.7 Å². The molecular weight excluding hydrogens is 284 g/mol. The second kappa shape index (κ2) is 6.60. The summed E-state index contributed by atoms with van der Waals surface area (Å²) in [5, 5.41) is 7.90. The Morgan fingerprint density at radius 1 is 1.19 bits per heavy atom. The molecule has 0 radical (unpaired) electrons. The molecule has 1 unspecified atom stereocenters. The Hall–Kier alpha value is -1.36. The van der Waals surface area contributed by atoms with Gasteiger partial charge in [0, 0.05) is 55.7 Å². The van der Waals surface area contributed by atoms with Gasteiger partial charge in [0.15, 0.2) is 0 Å². The van der Waals surface area contributed by atoms with Gasteiger partial charge >= 0.3 is 0 Å². The van der Waals surface area contributed by atoms with Gasteiger partial charge in [0.1, 0.15) is 0 Å². The third-order valence-corrected chi connectivity index (χ3v) is 4.61. The standard InChI is InChI=1S/C16H21ClN4/c1-13(15-4-2-3-5-16(15)17)21-10-8-20(9-11-21)12-14-6-7-18-19-14/h2-7,13H,8-12H2,1H3,(H,18,19). The average Bonchev–Trinajstić information content (AvgIpc) is 3.01. The first-order valence-electron chi connectivity index (χ1n) is 7.43. The van der Waals surface area contributed by atoms with E-state index in [0.29, 0.717) is 6.04 Å². The van der Waals surface area contributed by atoms with Crippen LogP contribution in [-0.4, -0.2) is 46.2 Å². The number of aromatic amines is 1. The molecule has 0 spiro atoms. The third-order valence-electron chi connectivity index (χ3n) is 4.26. The predicted molar refractivity (Wildman–Crippen MR) is 85.3 cm³/mol. The maximum absolute atomic E-state index is 6.31. The van der Waals surface area contributed by atoms with E-state index >= 15 is 0 Å². The minimum absolute atomic E-state index is 0.369. The molecule has 1 aromatic carbocycles. The number of hydrogen-bond acceptors (Lipinski definition) is 3. The normalized spacial score (nSPS) is 18.8. The van der Waals surface area contributed by atoms with E-state index in [1.165, 1.54) is 11.3 Å². The van der Waals surface area contributed by atoms with Crippen LogP contribution >= 0.6 is 11.6 Å². The van der Waals surface area contributed by atoms with Gasteiger partial charge in [-0.05, 0) is 24.6 Å². The molecule has 3 rings (SSSR count). The number of benzene rings is 1. The molecule has 1 aliphatic rings. The number of aromatic nitrogens is 2. The molecule has 0 saturated carbocycles. The molecule has 1 N–H and O–H groups in total. The molecule has 0 aliphatic carbocycles. The number of piperazine rings is 1. The highest BCUT2D eigenvalue weighted by Crippen LogP contribution is 2.27. The van der Waals surface area contributed by atoms with Crippen molar-refractivity contribution in [3.05, 3.63) is 52.8 Å². The molecule has 1 aromatic heterocycles. The first-order chi connectivity index (χ1) is 10.2. The Labute approximate surface area is 130 Å². The summed E-state index contributed by atoms with van der Waals surface area (Å²) < 4.78 is 0. The number of H-pyrrole nitrogens is 1. The largest absolute Gasteiger partial charge is 0.295 e. The second-order valence-electron chi connectivity index (χ2n) is 5.59. The molecule has 0 bridgehead atoms. The molecule has 112 valence electrons. The summed E-state index contributed by atoms with van der Waals surface area (Å²) in [5.41, 5.74) is 2.41. The number of rotatable bonds is 4. The molecule has 1 atom stereocenters. The molecule has 4 nitrogen and oxygen atoms in total. The summed E-state index contributed by atoms with van der Waals surface area (Å²) in [6.45, 7) is 7.49. The summed E-state index contributed by atoms with van der Waals surface area (Å²) in [7, 11) is 0. The quantitative estimate of drug-likeness (QED) is 0.943. The van der Waals surface area contributed by atoms with Gasteiger partial charge in [0.05, 0.1) is 0 Å². The Bertz CT molecular complexity index is 561. The Morgan fingerprint density at radius 2 is 1.95 bits per heavy atom. The number of nitrogens with zero attached hydrogens (tertiary/aromatic N) is 3. The van der Waals surface area contributed by atoms with Crippen molar-refractivity contribution in [3.8, 4) is 0 Å². The second-order valence-corrected chi connectivity index (χ2v) is 6.00. The fourth-order valence-corrected chi connectivity index (χ4v) is 3.23. The number of hydrogen-bond donors (Lipinski definition) is 1. The average molecular weight is 305 g/mol. The zero-order valence-corrected chi connectivity index (χ0v) is 13.1. The van der Waals surface area contributed by atoms with Crippen molar-refractivity contribution in [1.29, 1.82) is 0 Å². The highest BCUT2D eigenvalue weighted by Gasteiger charge is 2.23. The van der Waals surface area contributed by atoms with Crippen LogP contribution in [0.1, 0.15) is 24.2 Å². The highest BCUT2D eigenvalue weighted by atomic mass is 35.5. The van der Waals surface area contributed by atoms with Gasteiger partial charge in [-0.25, -0.2) is 0 Å². The van der Waals surface area contributed by atoms with E-state index in [1.807, 2.05) is 24.4 Å². The van der Waals surface area contributed by atoms with Crippen LogP contribution in [-0.2, 0) is 6.54 Å². The van der Waals surface area contributed by atoms with E-state index < -0.39 is 0 Å². The van der Waals surface area contributed by atoms with Crippen molar-refractivity contribution in [2.45, 2.75) is 19.5 Å². The maximum atomic E-state index is 6.31. The minimum Gasteiger partial charge on any atom is -0.295 e. The first-order valence-corrected chi connectivity index (χ1v) is 7.81. The number of halogens is 1. The minimum atomic E-state index is 0.369. The molecule has 1 aliphatic heterocycles. The van der Waals surface area contributed by atoms with Gasteiger partial charge in [0.2, 0.25) is 0 Å². The lowest BCUT2D eigenvalue weighted by atomic mass is 10.1. The predicted octanol–water partition coefficient (Wildman–Crippen LogP) is 2.94. The van der Waals surface area contributed by atoms with Crippen LogP contribution in [0.2, 0.25) is 5.02 Å². The summed E-state index contributed by atoms with van der Waals surface area (Å²) in [4.78, 5) is 4.97. The monoisotopic (exact) mass is 304 g/mol. The Morgan fingerprint density at radius 3 is 2.62 bits per heavy atom.